The number of carbonyl (C=O) groups excluding carboxylic acids is 1. The van der Waals surface area contributed by atoms with Crippen LogP contribution in [0.15, 0.2) is 42.9 Å². The zero-order valence-electron chi connectivity index (χ0n) is 17.7. The number of fused-ring (bicyclic) bond motifs is 1. The quantitative estimate of drug-likeness (QED) is 0.486. The number of hydrogen-bond donors (Lipinski definition) is 3. The van der Waals surface area contributed by atoms with Gasteiger partial charge in [-0.25, -0.2) is 14.8 Å². The zero-order chi connectivity index (χ0) is 21.0. The molecule has 8 heteroatoms. The molecule has 3 aromatic rings. The highest BCUT2D eigenvalue weighted by molar-refractivity contribution is 5.89. The van der Waals surface area contributed by atoms with Gasteiger partial charge in [-0.2, -0.15) is 0 Å². The summed E-state index contributed by atoms with van der Waals surface area (Å²) in [5, 5.41) is 9.29. The molecule has 2 fully saturated rings. The molecule has 0 spiro atoms. The lowest BCUT2D eigenvalue weighted by Gasteiger charge is -2.14. The molecule has 0 bridgehead atoms. The van der Waals surface area contributed by atoms with Crippen LogP contribution in [0.25, 0.3) is 16.9 Å². The van der Waals surface area contributed by atoms with Gasteiger partial charge in [0, 0.05) is 36.2 Å². The van der Waals surface area contributed by atoms with Crippen LogP contribution in [-0.4, -0.2) is 57.5 Å². The third-order valence-electron chi connectivity index (χ3n) is 5.92. The molecule has 3 heterocycles. The number of amides is 2. The molecule has 8 nitrogen and oxygen atoms in total. The molecule has 1 aliphatic heterocycles. The van der Waals surface area contributed by atoms with Gasteiger partial charge in [0.2, 0.25) is 0 Å². The van der Waals surface area contributed by atoms with Crippen LogP contribution in [0.1, 0.15) is 32.1 Å². The molecule has 0 atom stereocenters. The van der Waals surface area contributed by atoms with Crippen LogP contribution in [0.2, 0.25) is 0 Å². The summed E-state index contributed by atoms with van der Waals surface area (Å²) in [6, 6.07) is 8.20. The SMILES string of the molecule is O=C(NCCCN1CCCC1)Nc1ccc(-c2cnc3c(NC4CC4)nccn23)cc1. The van der Waals surface area contributed by atoms with Gasteiger partial charge >= 0.3 is 6.03 Å². The van der Waals surface area contributed by atoms with E-state index >= 15 is 0 Å². The fourth-order valence-corrected chi connectivity index (χ4v) is 4.07. The van der Waals surface area contributed by atoms with Crippen molar-refractivity contribution < 1.29 is 4.79 Å². The molecule has 1 saturated heterocycles. The number of likely N-dealkylation sites (tertiary alicyclic amines) is 1. The summed E-state index contributed by atoms with van der Waals surface area (Å²) in [6.45, 7) is 4.13. The molecule has 3 N–H and O–H groups in total. The molecule has 5 rings (SSSR count). The number of nitrogens with one attached hydrogen (secondary N) is 3. The molecule has 1 aliphatic carbocycles. The predicted octanol–water partition coefficient (Wildman–Crippen LogP) is 3.58. The average Bonchev–Trinajstić information content (AvgIpc) is 3.25. The van der Waals surface area contributed by atoms with Gasteiger partial charge in [-0.05, 0) is 63.9 Å². The van der Waals surface area contributed by atoms with Crippen molar-refractivity contribution in [3.05, 3.63) is 42.9 Å². The van der Waals surface area contributed by atoms with Gasteiger partial charge in [0.15, 0.2) is 11.5 Å². The van der Waals surface area contributed by atoms with Crippen LogP contribution >= 0.6 is 0 Å². The first kappa shape index (κ1) is 19.8. The van der Waals surface area contributed by atoms with Crippen molar-refractivity contribution in [1.82, 2.24) is 24.6 Å². The van der Waals surface area contributed by atoms with Gasteiger partial charge in [0.05, 0.1) is 11.9 Å². The second-order valence-corrected chi connectivity index (χ2v) is 8.39. The fourth-order valence-electron chi connectivity index (χ4n) is 4.07. The normalized spacial score (nSPS) is 16.5. The van der Waals surface area contributed by atoms with Gasteiger partial charge in [-0.1, -0.05) is 12.1 Å². The van der Waals surface area contributed by atoms with E-state index in [1.807, 2.05) is 41.1 Å². The molecule has 31 heavy (non-hydrogen) atoms. The third-order valence-corrected chi connectivity index (χ3v) is 5.92. The molecule has 2 aromatic heterocycles. The first-order valence-corrected chi connectivity index (χ1v) is 11.2. The number of carbonyl (C=O) groups is 1. The number of benzene rings is 1. The summed E-state index contributed by atoms with van der Waals surface area (Å²) in [6.07, 6.45) is 11.6. The summed E-state index contributed by atoms with van der Waals surface area (Å²) >= 11 is 0. The third kappa shape index (κ3) is 4.80. The maximum Gasteiger partial charge on any atom is 0.319 e. The van der Waals surface area contributed by atoms with Crippen LogP contribution in [0.3, 0.4) is 0 Å². The van der Waals surface area contributed by atoms with Crippen LogP contribution in [0.5, 0.6) is 0 Å². The number of urea groups is 1. The van der Waals surface area contributed by atoms with Crippen molar-refractivity contribution in [3.63, 3.8) is 0 Å². The lowest BCUT2D eigenvalue weighted by Crippen LogP contribution is -2.31. The summed E-state index contributed by atoms with van der Waals surface area (Å²) in [4.78, 5) is 23.6. The van der Waals surface area contributed by atoms with Gasteiger partial charge in [-0.3, -0.25) is 4.40 Å². The van der Waals surface area contributed by atoms with Gasteiger partial charge in [0.25, 0.3) is 0 Å². The average molecular weight is 420 g/mol. The van der Waals surface area contributed by atoms with Crippen molar-refractivity contribution in [3.8, 4) is 11.3 Å². The van der Waals surface area contributed by atoms with Crippen LogP contribution < -0.4 is 16.0 Å². The highest BCUT2D eigenvalue weighted by atomic mass is 16.2. The number of hydrogen-bond acceptors (Lipinski definition) is 5. The minimum absolute atomic E-state index is 0.161. The lowest BCUT2D eigenvalue weighted by atomic mass is 10.1. The van der Waals surface area contributed by atoms with Crippen molar-refractivity contribution in [2.24, 2.45) is 0 Å². The van der Waals surface area contributed by atoms with Gasteiger partial charge in [0.1, 0.15) is 0 Å². The molecule has 2 amide bonds. The zero-order valence-corrected chi connectivity index (χ0v) is 17.7. The minimum atomic E-state index is -0.161. The predicted molar refractivity (Wildman–Crippen MR) is 122 cm³/mol. The highest BCUT2D eigenvalue weighted by Crippen LogP contribution is 2.28. The molecule has 2 aliphatic rings. The first-order valence-electron chi connectivity index (χ1n) is 11.2. The van der Waals surface area contributed by atoms with E-state index in [4.69, 9.17) is 0 Å². The second-order valence-electron chi connectivity index (χ2n) is 8.39. The summed E-state index contributed by atoms with van der Waals surface area (Å²) < 4.78 is 2.05. The van der Waals surface area contributed by atoms with E-state index in [2.05, 4.69) is 30.8 Å². The van der Waals surface area contributed by atoms with Crippen molar-refractivity contribution in [1.29, 1.82) is 0 Å². The Kier molecular flexibility index (Phi) is 5.71. The van der Waals surface area contributed by atoms with Crippen molar-refractivity contribution >= 4 is 23.2 Å². The Balaban J connectivity index is 1.17. The molecule has 0 unspecified atom stereocenters. The smallest absolute Gasteiger partial charge is 0.319 e. The summed E-state index contributed by atoms with van der Waals surface area (Å²) in [5.41, 5.74) is 3.63. The Labute approximate surface area is 182 Å². The molecular formula is C23H29N7O. The van der Waals surface area contributed by atoms with Gasteiger partial charge < -0.3 is 20.9 Å². The molecule has 0 radical (unpaired) electrons. The number of imidazole rings is 1. The first-order chi connectivity index (χ1) is 15.3. The van der Waals surface area contributed by atoms with Crippen molar-refractivity contribution in [2.75, 3.05) is 36.8 Å². The highest BCUT2D eigenvalue weighted by Gasteiger charge is 2.23. The Hall–Kier alpha value is -3.13. The standard InChI is InChI=1S/C23H29N7O/c31-23(25-10-3-14-29-12-1-2-13-29)28-19-6-4-17(5-7-19)20-16-26-22-21(27-18-8-9-18)24-11-15-30(20)22/h4-7,11,15-16,18H,1-3,8-10,12-14H2,(H,24,27)(H2,25,28,31). The minimum Gasteiger partial charge on any atom is -0.364 e. The summed E-state index contributed by atoms with van der Waals surface area (Å²) in [5.74, 6) is 0.830. The number of nitrogens with zero attached hydrogens (tertiary/aromatic N) is 4. The van der Waals surface area contributed by atoms with Crippen molar-refractivity contribution in [2.45, 2.75) is 38.1 Å². The number of anilines is 2. The Morgan fingerprint density at radius 2 is 1.90 bits per heavy atom. The van der Waals surface area contributed by atoms with Crippen LogP contribution in [0.4, 0.5) is 16.3 Å². The lowest BCUT2D eigenvalue weighted by molar-refractivity contribution is 0.251. The second kappa shape index (κ2) is 8.93. The topological polar surface area (TPSA) is 86.6 Å². The maximum atomic E-state index is 12.2. The monoisotopic (exact) mass is 419 g/mol. The molecule has 162 valence electrons. The Bertz CT molecular complexity index is 1040. The van der Waals surface area contributed by atoms with E-state index in [9.17, 15) is 4.79 Å². The van der Waals surface area contributed by atoms with E-state index in [0.717, 1.165) is 41.4 Å². The molecule has 1 aromatic carbocycles. The largest absolute Gasteiger partial charge is 0.364 e. The Morgan fingerprint density at radius 3 is 2.68 bits per heavy atom. The number of rotatable bonds is 8. The maximum absolute atomic E-state index is 12.2. The van der Waals surface area contributed by atoms with E-state index in [1.165, 1.54) is 38.8 Å². The summed E-state index contributed by atoms with van der Waals surface area (Å²) in [7, 11) is 0. The van der Waals surface area contributed by atoms with E-state index < -0.39 is 0 Å². The van der Waals surface area contributed by atoms with E-state index in [1.54, 1.807) is 6.20 Å². The number of aromatic nitrogens is 3. The molecule has 1 saturated carbocycles. The van der Waals surface area contributed by atoms with Gasteiger partial charge in [-0.15, -0.1) is 0 Å². The van der Waals surface area contributed by atoms with Crippen LogP contribution in [0, 0.1) is 0 Å². The van der Waals surface area contributed by atoms with E-state index in [-0.39, 0.29) is 6.03 Å². The molecular weight excluding hydrogens is 390 g/mol. The van der Waals surface area contributed by atoms with E-state index in [0.29, 0.717) is 12.6 Å². The fraction of sp³-hybridized carbons (Fsp3) is 0.435. The van der Waals surface area contributed by atoms with Crippen LogP contribution in [-0.2, 0) is 0 Å². The Morgan fingerprint density at radius 1 is 1.10 bits per heavy atom.